The lowest BCUT2D eigenvalue weighted by atomic mass is 9.98. The summed E-state index contributed by atoms with van der Waals surface area (Å²) in [6.45, 7) is 5.93. The van der Waals surface area contributed by atoms with Gasteiger partial charge in [0, 0.05) is 18.7 Å². The van der Waals surface area contributed by atoms with Crippen molar-refractivity contribution in [2.24, 2.45) is 5.92 Å². The number of aliphatic carboxylic acids is 1. The number of benzene rings is 2. The van der Waals surface area contributed by atoms with Gasteiger partial charge in [-0.25, -0.2) is 9.59 Å². The number of carboxylic acids is 2. The highest BCUT2D eigenvalue weighted by atomic mass is 19.4. The number of anilines is 2. The van der Waals surface area contributed by atoms with Crippen LogP contribution in [-0.4, -0.2) is 47.3 Å². The number of hydrogen-bond donors (Lipinski definition) is 3. The minimum atomic E-state index is -5.08. The topological polar surface area (TPSA) is 107 Å². The molecular formula is C23H25F3N2O5. The minimum Gasteiger partial charge on any atom is -0.478 e. The Morgan fingerprint density at radius 1 is 1.03 bits per heavy atom. The number of rotatable bonds is 4. The Kier molecular flexibility index (Phi) is 8.44. The molecule has 0 atom stereocenters. The molecule has 3 N–H and O–H groups in total. The molecule has 0 aromatic heterocycles. The molecule has 1 heterocycles. The predicted molar refractivity (Wildman–Crippen MR) is 117 cm³/mol. The number of alkyl halides is 3. The number of hydrogen-bond acceptors (Lipinski definition) is 4. The van der Waals surface area contributed by atoms with Gasteiger partial charge < -0.3 is 20.4 Å². The van der Waals surface area contributed by atoms with Crippen molar-refractivity contribution in [3.8, 4) is 0 Å². The first kappa shape index (κ1) is 25.7. The maximum absolute atomic E-state index is 12.7. The van der Waals surface area contributed by atoms with Gasteiger partial charge in [-0.15, -0.1) is 0 Å². The summed E-state index contributed by atoms with van der Waals surface area (Å²) in [4.78, 5) is 35.2. The summed E-state index contributed by atoms with van der Waals surface area (Å²) in [5.41, 5.74) is 3.06. The Morgan fingerprint density at radius 3 is 2.12 bits per heavy atom. The summed E-state index contributed by atoms with van der Waals surface area (Å²) >= 11 is 0. The molecule has 1 aliphatic rings. The van der Waals surface area contributed by atoms with E-state index in [1.807, 2.05) is 25.1 Å². The molecule has 1 saturated heterocycles. The first-order valence-electron chi connectivity index (χ1n) is 10.2. The molecule has 1 fully saturated rings. The average Bonchev–Trinajstić information content (AvgIpc) is 2.74. The molecule has 2 aromatic rings. The monoisotopic (exact) mass is 466 g/mol. The van der Waals surface area contributed by atoms with E-state index in [0.29, 0.717) is 17.2 Å². The van der Waals surface area contributed by atoms with E-state index in [9.17, 15) is 27.9 Å². The minimum absolute atomic E-state index is 0.166. The van der Waals surface area contributed by atoms with Crippen molar-refractivity contribution >= 4 is 29.2 Å². The molecule has 7 nitrogen and oxygen atoms in total. The molecule has 0 saturated carbocycles. The summed E-state index contributed by atoms with van der Waals surface area (Å²) < 4.78 is 31.7. The van der Waals surface area contributed by atoms with Crippen LogP contribution in [0.25, 0.3) is 0 Å². The second-order valence-electron chi connectivity index (χ2n) is 7.78. The number of nitrogens with zero attached hydrogens (tertiary/aromatic N) is 1. The van der Waals surface area contributed by atoms with Crippen molar-refractivity contribution in [1.29, 1.82) is 0 Å². The zero-order valence-electron chi connectivity index (χ0n) is 18.1. The molecule has 0 bridgehead atoms. The van der Waals surface area contributed by atoms with Gasteiger partial charge in [-0.2, -0.15) is 13.2 Å². The standard InChI is InChI=1S/C21H24N2O3.C2HF3O2/c1-14-9-11-23(12-10-14)19-8-7-16(21(25)26)13-18(19)22-20(24)17-6-4-3-5-15(17)2;3-2(4,5)1(6)7/h3-8,13-14H,9-12H2,1-2H3,(H,22,24)(H,25,26);(H,6,7). The molecule has 0 aliphatic carbocycles. The van der Waals surface area contributed by atoms with Gasteiger partial charge in [0.2, 0.25) is 0 Å². The van der Waals surface area contributed by atoms with E-state index in [-0.39, 0.29) is 11.5 Å². The van der Waals surface area contributed by atoms with Gasteiger partial charge in [-0.05, 0) is 55.5 Å². The summed E-state index contributed by atoms with van der Waals surface area (Å²) in [6.07, 6.45) is -2.91. The van der Waals surface area contributed by atoms with Gasteiger partial charge in [0.15, 0.2) is 0 Å². The maximum atomic E-state index is 12.7. The summed E-state index contributed by atoms with van der Waals surface area (Å²) in [7, 11) is 0. The van der Waals surface area contributed by atoms with Crippen LogP contribution >= 0.6 is 0 Å². The first-order valence-corrected chi connectivity index (χ1v) is 10.2. The fraction of sp³-hybridized carbons (Fsp3) is 0.348. The summed E-state index contributed by atoms with van der Waals surface area (Å²) in [5, 5.41) is 19.4. The summed E-state index contributed by atoms with van der Waals surface area (Å²) in [6, 6.07) is 12.3. The van der Waals surface area contributed by atoms with Crippen LogP contribution < -0.4 is 10.2 Å². The van der Waals surface area contributed by atoms with Crippen molar-refractivity contribution in [2.45, 2.75) is 32.9 Å². The Balaban J connectivity index is 0.000000479. The molecule has 2 aromatic carbocycles. The smallest absolute Gasteiger partial charge is 0.478 e. The van der Waals surface area contributed by atoms with E-state index in [1.54, 1.807) is 24.3 Å². The number of carbonyl (C=O) groups is 3. The number of aromatic carboxylic acids is 1. The van der Waals surface area contributed by atoms with Crippen molar-refractivity contribution in [2.75, 3.05) is 23.3 Å². The Hall–Kier alpha value is -3.56. The lowest BCUT2D eigenvalue weighted by molar-refractivity contribution is -0.192. The third-order valence-corrected chi connectivity index (χ3v) is 5.25. The number of aryl methyl sites for hydroxylation is 1. The van der Waals surface area contributed by atoms with Crippen molar-refractivity contribution < 1.29 is 37.8 Å². The van der Waals surface area contributed by atoms with Crippen molar-refractivity contribution in [3.63, 3.8) is 0 Å². The molecule has 3 rings (SSSR count). The van der Waals surface area contributed by atoms with Crippen LogP contribution in [0.2, 0.25) is 0 Å². The Labute approximate surface area is 188 Å². The zero-order chi connectivity index (χ0) is 24.8. The first-order chi connectivity index (χ1) is 15.4. The Morgan fingerprint density at radius 2 is 1.61 bits per heavy atom. The largest absolute Gasteiger partial charge is 0.490 e. The third kappa shape index (κ3) is 7.23. The van der Waals surface area contributed by atoms with E-state index >= 15 is 0 Å². The molecule has 0 unspecified atom stereocenters. The zero-order valence-corrected chi connectivity index (χ0v) is 18.1. The SMILES string of the molecule is Cc1ccccc1C(=O)Nc1cc(C(=O)O)ccc1N1CCC(C)CC1.O=C(O)C(F)(F)F. The van der Waals surface area contributed by atoms with Gasteiger partial charge in [0.1, 0.15) is 0 Å². The van der Waals surface area contributed by atoms with Gasteiger partial charge >= 0.3 is 18.1 Å². The number of carbonyl (C=O) groups excluding carboxylic acids is 1. The van der Waals surface area contributed by atoms with E-state index in [1.165, 1.54) is 0 Å². The van der Waals surface area contributed by atoms with Crippen LogP contribution in [-0.2, 0) is 4.79 Å². The average molecular weight is 466 g/mol. The van der Waals surface area contributed by atoms with Crippen molar-refractivity contribution in [3.05, 3.63) is 59.2 Å². The van der Waals surface area contributed by atoms with E-state index in [0.717, 1.165) is 37.2 Å². The second kappa shape index (κ2) is 10.8. The molecule has 178 valence electrons. The van der Waals surface area contributed by atoms with Crippen LogP contribution in [0.4, 0.5) is 24.5 Å². The highest BCUT2D eigenvalue weighted by Gasteiger charge is 2.38. The molecule has 1 amide bonds. The number of nitrogens with one attached hydrogen (secondary N) is 1. The number of halogens is 3. The molecular weight excluding hydrogens is 441 g/mol. The summed E-state index contributed by atoms with van der Waals surface area (Å²) in [5.74, 6) is -3.30. The van der Waals surface area contributed by atoms with Crippen LogP contribution in [0.15, 0.2) is 42.5 Å². The number of carboxylic acid groups (broad SMARTS) is 2. The van der Waals surface area contributed by atoms with E-state index in [2.05, 4.69) is 17.1 Å². The lowest BCUT2D eigenvalue weighted by Crippen LogP contribution is -2.33. The van der Waals surface area contributed by atoms with Crippen LogP contribution in [0.3, 0.4) is 0 Å². The highest BCUT2D eigenvalue weighted by molar-refractivity contribution is 6.07. The fourth-order valence-electron chi connectivity index (χ4n) is 3.31. The van der Waals surface area contributed by atoms with Crippen LogP contribution in [0, 0.1) is 12.8 Å². The van der Waals surface area contributed by atoms with E-state index in [4.69, 9.17) is 9.90 Å². The van der Waals surface area contributed by atoms with Crippen LogP contribution in [0.1, 0.15) is 46.0 Å². The van der Waals surface area contributed by atoms with Gasteiger partial charge in [-0.1, -0.05) is 25.1 Å². The third-order valence-electron chi connectivity index (χ3n) is 5.25. The highest BCUT2D eigenvalue weighted by Crippen LogP contribution is 2.31. The van der Waals surface area contributed by atoms with Gasteiger partial charge in [0.05, 0.1) is 16.9 Å². The van der Waals surface area contributed by atoms with Gasteiger partial charge in [-0.3, -0.25) is 4.79 Å². The molecule has 0 spiro atoms. The predicted octanol–water partition coefficient (Wildman–Crippen LogP) is 4.82. The molecule has 1 aliphatic heterocycles. The second-order valence-corrected chi connectivity index (χ2v) is 7.78. The number of piperidine rings is 1. The maximum Gasteiger partial charge on any atom is 0.490 e. The van der Waals surface area contributed by atoms with Gasteiger partial charge in [0.25, 0.3) is 5.91 Å². The number of amides is 1. The lowest BCUT2D eigenvalue weighted by Gasteiger charge is -2.33. The quantitative estimate of drug-likeness (QED) is 0.597. The molecule has 33 heavy (non-hydrogen) atoms. The Bertz CT molecular complexity index is 1020. The molecule has 0 radical (unpaired) electrons. The van der Waals surface area contributed by atoms with E-state index < -0.39 is 18.1 Å². The normalized spacial score (nSPS) is 14.2. The van der Waals surface area contributed by atoms with Crippen molar-refractivity contribution in [1.82, 2.24) is 0 Å². The van der Waals surface area contributed by atoms with Crippen LogP contribution in [0.5, 0.6) is 0 Å². The fourth-order valence-corrected chi connectivity index (χ4v) is 3.31. The molecule has 10 heteroatoms.